The van der Waals surface area contributed by atoms with Crippen molar-refractivity contribution < 1.29 is 49.3 Å². The molecular weight excluding hydrogens is 738 g/mol. The molecule has 7 heterocycles. The molecule has 2 aromatic rings. The number of amides is 1. The molecule has 8 unspecified atom stereocenters. The average molecular weight is 786 g/mol. The van der Waals surface area contributed by atoms with Crippen LogP contribution >= 0.6 is 0 Å². The summed E-state index contributed by atoms with van der Waals surface area (Å²) in [5.74, 6) is 1.24. The summed E-state index contributed by atoms with van der Waals surface area (Å²) in [6.07, 6.45) is 7.95. The molecule has 1 aliphatic carbocycles. The van der Waals surface area contributed by atoms with E-state index in [0.717, 1.165) is 24.1 Å². The molecule has 7 aliphatic rings. The van der Waals surface area contributed by atoms with Gasteiger partial charge in [-0.05, 0) is 68.7 Å². The van der Waals surface area contributed by atoms with Crippen LogP contribution in [0.4, 0.5) is 5.69 Å². The Bertz CT molecular complexity index is 2230. The maximum Gasteiger partial charge on any atom is 0.220 e. The number of fused-ring (bicyclic) bond motifs is 4. The first-order valence-corrected chi connectivity index (χ1v) is 19.6. The zero-order chi connectivity index (χ0) is 39.6. The number of aliphatic hydroxyl groups excluding tert-OH is 4. The van der Waals surface area contributed by atoms with Gasteiger partial charge in [-0.15, -0.1) is 0 Å². The van der Waals surface area contributed by atoms with E-state index < -0.39 is 48.8 Å². The maximum atomic E-state index is 13.5. The number of β-amino-alcohol motifs (C(OH)–C–C–N with tert-alkyl or cyclic N) is 1. The first kappa shape index (κ1) is 37.9. The lowest BCUT2D eigenvalue weighted by molar-refractivity contribution is -0.369. The topological polar surface area (TPSA) is 219 Å². The van der Waals surface area contributed by atoms with Crippen LogP contribution in [0, 0.1) is 18.8 Å². The molecular formula is C41H47N5O11. The van der Waals surface area contributed by atoms with Crippen LogP contribution in [0.2, 0.25) is 0 Å². The molecule has 57 heavy (non-hydrogen) atoms. The molecule has 1 spiro atoms. The molecule has 9 rings (SSSR count). The summed E-state index contributed by atoms with van der Waals surface area (Å²) in [5.41, 5.74) is 1.34. The Kier molecular flexibility index (Phi) is 9.71. The summed E-state index contributed by atoms with van der Waals surface area (Å²) in [4.78, 5) is 50.4. The van der Waals surface area contributed by atoms with Gasteiger partial charge in [0.15, 0.2) is 16.8 Å². The van der Waals surface area contributed by atoms with Crippen molar-refractivity contribution in [3.05, 3.63) is 80.8 Å². The van der Waals surface area contributed by atoms with E-state index in [2.05, 4.69) is 15.3 Å². The molecule has 2 fully saturated rings. The summed E-state index contributed by atoms with van der Waals surface area (Å²) in [6.45, 7) is 1.33. The van der Waals surface area contributed by atoms with Crippen molar-refractivity contribution in [2.75, 3.05) is 44.3 Å². The lowest BCUT2D eigenvalue weighted by Crippen LogP contribution is -2.63. The average Bonchev–Trinajstić information content (AvgIpc) is 4.04. The predicted molar refractivity (Wildman–Crippen MR) is 206 cm³/mol. The summed E-state index contributed by atoms with van der Waals surface area (Å²) in [5, 5.41) is 58.0. The maximum absolute atomic E-state index is 13.5. The molecule has 1 aromatic heterocycles. The number of carbonyl (C=O) groups excluding carboxylic acids is 1. The number of aliphatic imine (C=N–C) groups is 2. The third kappa shape index (κ3) is 6.62. The standard InChI is InChI=1S/C41H47N5O11/c1-22-11-31(48)27-12-25-13-34(57-54-20-33(50)41(53,39(52)32(49)19-47)21-45-10-6-28-30(45)5-9-42-28)40(7-2-3-23(15-40)26-14-35(51)44-16-26)56-37(25)36(38(27)55-22)46-17-24-4-8-43-29(24)18-46/h4-6,8-9,11-12,18,23,26,32-34,39,47,49-50,52-53H,2-3,7,10,13-17,19-21H2,1H3,(H,44,51). The van der Waals surface area contributed by atoms with Crippen LogP contribution < -0.4 is 20.4 Å². The number of hydrogen-bond donors (Lipinski definition) is 6. The van der Waals surface area contributed by atoms with Gasteiger partial charge >= 0.3 is 0 Å². The Labute approximate surface area is 327 Å². The third-order valence-corrected chi connectivity index (χ3v) is 12.7. The molecule has 8 atom stereocenters. The van der Waals surface area contributed by atoms with E-state index in [4.69, 9.17) is 18.9 Å². The highest BCUT2D eigenvalue weighted by Gasteiger charge is 2.53. The minimum atomic E-state index is -2.38. The Hall–Kier alpha value is -4.68. The summed E-state index contributed by atoms with van der Waals surface area (Å²) in [6, 6.07) is 3.22. The smallest absolute Gasteiger partial charge is 0.220 e. The molecule has 16 nitrogen and oxygen atoms in total. The molecule has 1 saturated carbocycles. The van der Waals surface area contributed by atoms with Crippen LogP contribution in [0.15, 0.2) is 78.4 Å². The number of allylic oxidation sites excluding steroid dienone is 2. The number of anilines is 1. The second-order valence-electron chi connectivity index (χ2n) is 16.3. The number of ether oxygens (including phenoxy) is 1. The molecule has 1 saturated heterocycles. The molecule has 6 aliphatic heterocycles. The van der Waals surface area contributed by atoms with E-state index in [1.807, 2.05) is 23.3 Å². The zero-order valence-corrected chi connectivity index (χ0v) is 31.5. The fourth-order valence-electron chi connectivity index (χ4n) is 9.61. The SMILES string of the molecule is Cc1cc(=O)c2cc3c(c(N4C=C5N=CC=C5C4)c2o1)OC1(CCCC(C2CNC(=O)C2)C1)C(OOCC(O)C(O)(CN1CC=C2N=CC=C21)C(O)C(O)CO)C3. The number of carbonyl (C=O) groups is 1. The number of aliphatic hydroxyl groups is 5. The van der Waals surface area contributed by atoms with Gasteiger partial charge in [-0.1, -0.05) is 0 Å². The predicted octanol–water partition coefficient (Wildman–Crippen LogP) is 1.06. The quantitative estimate of drug-likeness (QED) is 0.131. The molecule has 0 bridgehead atoms. The van der Waals surface area contributed by atoms with E-state index in [1.54, 1.807) is 36.4 Å². The highest BCUT2D eigenvalue weighted by Crippen LogP contribution is 2.52. The molecule has 1 aromatic carbocycles. The minimum absolute atomic E-state index is 0.0158. The van der Waals surface area contributed by atoms with Gasteiger partial charge in [0, 0.05) is 61.8 Å². The van der Waals surface area contributed by atoms with Crippen molar-refractivity contribution in [1.82, 2.24) is 10.2 Å². The normalized spacial score (nSPS) is 28.7. The summed E-state index contributed by atoms with van der Waals surface area (Å²) in [7, 11) is 0. The van der Waals surface area contributed by atoms with Crippen LogP contribution in [0.3, 0.4) is 0 Å². The van der Waals surface area contributed by atoms with Crippen molar-refractivity contribution in [2.45, 2.75) is 81.1 Å². The van der Waals surface area contributed by atoms with E-state index in [9.17, 15) is 35.1 Å². The van der Waals surface area contributed by atoms with Crippen molar-refractivity contribution >= 4 is 35.0 Å². The number of benzene rings is 1. The lowest BCUT2D eigenvalue weighted by Gasteiger charge is -2.49. The third-order valence-electron chi connectivity index (χ3n) is 12.7. The van der Waals surface area contributed by atoms with Gasteiger partial charge in [-0.2, -0.15) is 0 Å². The monoisotopic (exact) mass is 785 g/mol. The second-order valence-corrected chi connectivity index (χ2v) is 16.3. The van der Waals surface area contributed by atoms with Crippen molar-refractivity contribution in [1.29, 1.82) is 0 Å². The van der Waals surface area contributed by atoms with Gasteiger partial charge in [-0.3, -0.25) is 19.6 Å². The van der Waals surface area contributed by atoms with Gasteiger partial charge < -0.3 is 49.8 Å². The minimum Gasteiger partial charge on any atom is -0.482 e. The molecule has 302 valence electrons. The van der Waals surface area contributed by atoms with Crippen LogP contribution in [-0.2, 0) is 21.0 Å². The number of aryl methyl sites for hydroxylation is 1. The van der Waals surface area contributed by atoms with Crippen molar-refractivity contribution in [2.24, 2.45) is 21.8 Å². The Morgan fingerprint density at radius 3 is 2.72 bits per heavy atom. The Balaban J connectivity index is 1.04. The van der Waals surface area contributed by atoms with Crippen LogP contribution in [0.25, 0.3) is 11.0 Å². The Morgan fingerprint density at radius 1 is 1.11 bits per heavy atom. The molecule has 6 N–H and O–H groups in total. The van der Waals surface area contributed by atoms with Crippen LogP contribution in [-0.4, -0.2) is 124 Å². The fraction of sp³-hybridized carbons (Fsp3) is 0.512. The van der Waals surface area contributed by atoms with E-state index in [0.29, 0.717) is 84.0 Å². The first-order chi connectivity index (χ1) is 27.5. The summed E-state index contributed by atoms with van der Waals surface area (Å²) < 4.78 is 13.5. The number of rotatable bonds is 12. The van der Waals surface area contributed by atoms with Gasteiger partial charge in [0.05, 0.1) is 42.2 Å². The number of nitrogens with zero attached hydrogens (tertiary/aromatic N) is 4. The van der Waals surface area contributed by atoms with E-state index in [-0.39, 0.29) is 36.1 Å². The fourth-order valence-corrected chi connectivity index (χ4v) is 9.61. The number of nitrogens with one attached hydrogen (secondary N) is 1. The van der Waals surface area contributed by atoms with Crippen LogP contribution in [0.5, 0.6) is 5.75 Å². The summed E-state index contributed by atoms with van der Waals surface area (Å²) >= 11 is 0. The molecule has 1 amide bonds. The van der Waals surface area contributed by atoms with E-state index in [1.165, 1.54) is 6.07 Å². The number of hydrogen-bond acceptors (Lipinski definition) is 15. The Morgan fingerprint density at radius 2 is 1.93 bits per heavy atom. The second kappa shape index (κ2) is 14.6. The van der Waals surface area contributed by atoms with Gasteiger partial charge in [0.25, 0.3) is 0 Å². The highest BCUT2D eigenvalue weighted by molar-refractivity contribution is 5.96. The first-order valence-electron chi connectivity index (χ1n) is 19.6. The largest absolute Gasteiger partial charge is 0.482 e. The van der Waals surface area contributed by atoms with Gasteiger partial charge in [0.1, 0.15) is 53.7 Å². The van der Waals surface area contributed by atoms with E-state index >= 15 is 0 Å². The van der Waals surface area contributed by atoms with Crippen LogP contribution in [0.1, 0.15) is 43.4 Å². The molecule has 16 heteroatoms. The zero-order valence-electron chi connectivity index (χ0n) is 31.5. The highest BCUT2D eigenvalue weighted by atomic mass is 17.2. The van der Waals surface area contributed by atoms with Crippen molar-refractivity contribution in [3.8, 4) is 5.75 Å². The lowest BCUT2D eigenvalue weighted by atomic mass is 9.68. The van der Waals surface area contributed by atoms with Gasteiger partial charge in [0.2, 0.25) is 5.91 Å². The van der Waals surface area contributed by atoms with Crippen molar-refractivity contribution in [3.63, 3.8) is 0 Å². The van der Waals surface area contributed by atoms with Gasteiger partial charge in [-0.25, -0.2) is 9.78 Å². The molecule has 0 radical (unpaired) electrons.